The first-order valence-electron chi connectivity index (χ1n) is 6.02. The number of aryl methyl sites for hydroxylation is 1. The van der Waals surface area contributed by atoms with Crippen molar-refractivity contribution in [1.29, 1.82) is 0 Å². The average Bonchev–Trinajstić information content (AvgIpc) is 3.04. The molecule has 19 heavy (non-hydrogen) atoms. The fourth-order valence-corrected chi connectivity index (χ4v) is 2.01. The topological polar surface area (TPSA) is 73.8 Å². The molecule has 0 spiro atoms. The third kappa shape index (κ3) is 2.01. The normalized spacial score (nSPS) is 11.0. The number of hydrogen-bond donors (Lipinski definition) is 0. The van der Waals surface area contributed by atoms with Gasteiger partial charge in [-0.1, -0.05) is 12.1 Å². The predicted molar refractivity (Wildman–Crippen MR) is 67.9 cm³/mol. The van der Waals surface area contributed by atoms with Crippen LogP contribution in [0.4, 0.5) is 0 Å². The summed E-state index contributed by atoms with van der Waals surface area (Å²) in [7, 11) is 0. The number of carbonyl (C=O) groups excluding carboxylic acids is 1. The van der Waals surface area contributed by atoms with E-state index in [1.54, 1.807) is 12.4 Å². The van der Waals surface area contributed by atoms with Crippen molar-refractivity contribution in [1.82, 2.24) is 19.7 Å². The Hall–Kier alpha value is -2.50. The number of aromatic nitrogens is 4. The first-order valence-corrected chi connectivity index (χ1v) is 6.02. The minimum absolute atomic E-state index is 0.411. The van der Waals surface area contributed by atoms with Gasteiger partial charge in [0, 0.05) is 29.8 Å². The summed E-state index contributed by atoms with van der Waals surface area (Å²) in [6.45, 7) is 2.38. The Kier molecular flexibility index (Phi) is 2.83. The number of nitrogens with zero attached hydrogens (tertiary/aromatic N) is 4. The highest BCUT2D eigenvalue weighted by atomic mass is 16.5. The third-order valence-electron chi connectivity index (χ3n) is 2.92. The Morgan fingerprint density at radius 2 is 2.37 bits per heavy atom. The van der Waals surface area contributed by atoms with E-state index in [9.17, 15) is 4.79 Å². The minimum Gasteiger partial charge on any atom is -0.337 e. The summed E-state index contributed by atoms with van der Waals surface area (Å²) in [5, 5.41) is 4.68. The zero-order valence-corrected chi connectivity index (χ0v) is 10.4. The molecule has 6 nitrogen and oxygen atoms in total. The number of rotatable bonds is 4. The van der Waals surface area contributed by atoms with Crippen molar-refractivity contribution < 1.29 is 9.32 Å². The molecule has 0 saturated heterocycles. The molecule has 0 atom stereocenters. The van der Waals surface area contributed by atoms with E-state index in [-0.39, 0.29) is 0 Å². The smallest absolute Gasteiger partial charge is 0.246 e. The van der Waals surface area contributed by atoms with Crippen LogP contribution in [-0.2, 0) is 13.0 Å². The van der Waals surface area contributed by atoms with Crippen LogP contribution in [0.1, 0.15) is 29.0 Å². The van der Waals surface area contributed by atoms with Gasteiger partial charge in [-0.2, -0.15) is 4.98 Å². The van der Waals surface area contributed by atoms with Gasteiger partial charge in [0.25, 0.3) is 0 Å². The highest BCUT2D eigenvalue weighted by Gasteiger charge is 2.11. The molecule has 0 N–H and O–H groups in total. The van der Waals surface area contributed by atoms with Crippen LogP contribution in [0.3, 0.4) is 0 Å². The van der Waals surface area contributed by atoms with Crippen molar-refractivity contribution >= 4 is 17.3 Å². The van der Waals surface area contributed by atoms with Crippen molar-refractivity contribution in [3.05, 3.63) is 41.8 Å². The SMILES string of the molecule is CCc1noc(Cn2cc(C=O)c3cccnc32)n1. The molecule has 0 aliphatic carbocycles. The van der Waals surface area contributed by atoms with Crippen molar-refractivity contribution in [2.45, 2.75) is 19.9 Å². The quantitative estimate of drug-likeness (QED) is 0.666. The molecule has 0 amide bonds. The van der Waals surface area contributed by atoms with Crippen LogP contribution < -0.4 is 0 Å². The molecule has 0 fully saturated rings. The fourth-order valence-electron chi connectivity index (χ4n) is 2.01. The lowest BCUT2D eigenvalue weighted by atomic mass is 10.2. The first kappa shape index (κ1) is 11.6. The summed E-state index contributed by atoms with van der Waals surface area (Å²) >= 11 is 0. The lowest BCUT2D eigenvalue weighted by Crippen LogP contribution is -1.99. The highest BCUT2D eigenvalue weighted by Crippen LogP contribution is 2.18. The predicted octanol–water partition coefficient (Wildman–Crippen LogP) is 1.84. The van der Waals surface area contributed by atoms with E-state index in [1.807, 2.05) is 23.6 Å². The molecule has 3 aromatic rings. The van der Waals surface area contributed by atoms with Crippen LogP contribution in [0.2, 0.25) is 0 Å². The minimum atomic E-state index is 0.411. The summed E-state index contributed by atoms with van der Waals surface area (Å²) in [5.41, 5.74) is 1.35. The highest BCUT2D eigenvalue weighted by molar-refractivity contribution is 5.95. The van der Waals surface area contributed by atoms with Crippen molar-refractivity contribution in [3.8, 4) is 0 Å². The summed E-state index contributed by atoms with van der Waals surface area (Å²) in [5.74, 6) is 1.19. The lowest BCUT2D eigenvalue weighted by molar-refractivity contribution is 0.112. The van der Waals surface area contributed by atoms with Gasteiger partial charge >= 0.3 is 0 Å². The molecule has 3 aromatic heterocycles. The van der Waals surface area contributed by atoms with Gasteiger partial charge in [0.15, 0.2) is 12.1 Å². The maximum atomic E-state index is 11.0. The van der Waals surface area contributed by atoms with Gasteiger partial charge in [-0.3, -0.25) is 4.79 Å². The summed E-state index contributed by atoms with van der Waals surface area (Å²) in [6.07, 6.45) is 5.00. The first-order chi connectivity index (χ1) is 9.31. The molecule has 0 saturated carbocycles. The largest absolute Gasteiger partial charge is 0.337 e. The van der Waals surface area contributed by atoms with Gasteiger partial charge in [-0.15, -0.1) is 0 Å². The number of aldehydes is 1. The van der Waals surface area contributed by atoms with Crippen molar-refractivity contribution in [2.75, 3.05) is 0 Å². The second-order valence-corrected chi connectivity index (χ2v) is 4.16. The van der Waals surface area contributed by atoms with Gasteiger partial charge < -0.3 is 9.09 Å². The molecule has 0 unspecified atom stereocenters. The van der Waals surface area contributed by atoms with Crippen LogP contribution in [0.15, 0.2) is 29.0 Å². The van der Waals surface area contributed by atoms with Gasteiger partial charge in [0.05, 0.1) is 0 Å². The van der Waals surface area contributed by atoms with E-state index < -0.39 is 0 Å². The number of carbonyl (C=O) groups is 1. The fraction of sp³-hybridized carbons (Fsp3) is 0.231. The maximum absolute atomic E-state index is 11.0. The summed E-state index contributed by atoms with van der Waals surface area (Å²) in [6, 6.07) is 3.68. The molecule has 0 bridgehead atoms. The Balaban J connectivity index is 2.02. The zero-order valence-electron chi connectivity index (χ0n) is 10.4. The maximum Gasteiger partial charge on any atom is 0.246 e. The molecular formula is C13H12N4O2. The molecule has 6 heteroatoms. The van der Waals surface area contributed by atoms with Gasteiger partial charge in [0.2, 0.25) is 5.89 Å². The lowest BCUT2D eigenvalue weighted by Gasteiger charge is -1.99. The summed E-state index contributed by atoms with van der Waals surface area (Å²) in [4.78, 5) is 19.6. The molecule has 0 aliphatic rings. The average molecular weight is 256 g/mol. The zero-order chi connectivity index (χ0) is 13.2. The molecule has 0 radical (unpaired) electrons. The van der Waals surface area contributed by atoms with Crippen LogP contribution in [0.5, 0.6) is 0 Å². The van der Waals surface area contributed by atoms with Crippen LogP contribution in [-0.4, -0.2) is 26.0 Å². The number of hydrogen-bond acceptors (Lipinski definition) is 5. The Bertz CT molecular complexity index is 729. The van der Waals surface area contributed by atoms with Crippen LogP contribution in [0.25, 0.3) is 11.0 Å². The standard InChI is InChI=1S/C13H12N4O2/c1-2-11-15-12(19-16-11)7-17-6-9(8-18)10-4-3-5-14-13(10)17/h3-6,8H,2,7H2,1H3. The number of pyridine rings is 1. The van der Waals surface area contributed by atoms with Crippen LogP contribution in [0, 0.1) is 0 Å². The Morgan fingerprint density at radius 3 is 3.11 bits per heavy atom. The van der Waals surface area contributed by atoms with Crippen molar-refractivity contribution in [3.63, 3.8) is 0 Å². The Labute approximate surface area is 109 Å². The molecule has 0 aromatic carbocycles. The second-order valence-electron chi connectivity index (χ2n) is 4.16. The van der Waals surface area contributed by atoms with E-state index >= 15 is 0 Å². The molecule has 3 rings (SSSR count). The summed E-state index contributed by atoms with van der Waals surface area (Å²) < 4.78 is 6.99. The van der Waals surface area contributed by atoms with Gasteiger partial charge in [-0.25, -0.2) is 4.98 Å². The number of fused-ring (bicyclic) bond motifs is 1. The van der Waals surface area contributed by atoms with Gasteiger partial charge in [-0.05, 0) is 12.1 Å². The van der Waals surface area contributed by atoms with E-state index in [0.29, 0.717) is 23.8 Å². The monoisotopic (exact) mass is 256 g/mol. The molecule has 0 aliphatic heterocycles. The van der Waals surface area contributed by atoms with Crippen molar-refractivity contribution in [2.24, 2.45) is 0 Å². The molecule has 3 heterocycles. The Morgan fingerprint density at radius 1 is 1.47 bits per heavy atom. The third-order valence-corrected chi connectivity index (χ3v) is 2.92. The van der Waals surface area contributed by atoms with E-state index in [4.69, 9.17) is 4.52 Å². The van der Waals surface area contributed by atoms with E-state index in [2.05, 4.69) is 15.1 Å². The second kappa shape index (κ2) is 4.64. The molecular weight excluding hydrogens is 244 g/mol. The van der Waals surface area contributed by atoms with E-state index in [0.717, 1.165) is 23.7 Å². The van der Waals surface area contributed by atoms with Gasteiger partial charge in [0.1, 0.15) is 12.2 Å². The van der Waals surface area contributed by atoms with E-state index in [1.165, 1.54) is 0 Å². The molecule has 96 valence electrons. The van der Waals surface area contributed by atoms with Crippen LogP contribution >= 0.6 is 0 Å².